The second-order valence-electron chi connectivity index (χ2n) is 18.0. The Kier molecular flexibility index (Phi) is 8.44. The Hall–Kier alpha value is -8.30. The molecule has 1 heterocycles. The van der Waals surface area contributed by atoms with Crippen LogP contribution in [-0.4, -0.2) is 0 Å². The molecule has 1 aliphatic carbocycles. The van der Waals surface area contributed by atoms with Crippen LogP contribution >= 0.6 is 11.3 Å². The van der Waals surface area contributed by atoms with Gasteiger partial charge in [-0.15, -0.1) is 11.3 Å². The minimum Gasteiger partial charge on any atom is -0.310 e. The van der Waals surface area contributed by atoms with Gasteiger partial charge in [0.15, 0.2) is 0 Å². The first-order valence-corrected chi connectivity index (χ1v) is 24.0. The topological polar surface area (TPSA) is 3.24 Å². The molecule has 0 aliphatic heterocycles. The van der Waals surface area contributed by atoms with E-state index in [-0.39, 0.29) is 0 Å². The summed E-state index contributed by atoms with van der Waals surface area (Å²) < 4.78 is 2.63. The molecule has 1 nitrogen and oxygen atoms in total. The van der Waals surface area contributed by atoms with Gasteiger partial charge in [-0.1, -0.05) is 194 Å². The lowest BCUT2D eigenvalue weighted by molar-refractivity contribution is 0.768. The van der Waals surface area contributed by atoms with Crippen molar-refractivity contribution in [3.05, 3.63) is 271 Å². The van der Waals surface area contributed by atoms with E-state index in [0.29, 0.717) is 0 Å². The van der Waals surface area contributed by atoms with Gasteiger partial charge in [0.1, 0.15) is 0 Å². The molecule has 0 spiro atoms. The van der Waals surface area contributed by atoms with Gasteiger partial charge in [-0.2, -0.15) is 0 Å². The molecule has 0 saturated carbocycles. The maximum absolute atomic E-state index is 2.42. The normalized spacial score (nSPS) is 12.9. The molecule has 13 aromatic rings. The Morgan fingerprint density at radius 3 is 1.63 bits per heavy atom. The summed E-state index contributed by atoms with van der Waals surface area (Å²) in [6, 6.07) is 92.7. The van der Waals surface area contributed by atoms with Crippen molar-refractivity contribution in [2.45, 2.75) is 5.41 Å². The van der Waals surface area contributed by atoms with E-state index in [1.54, 1.807) is 0 Å². The second-order valence-corrected chi connectivity index (χ2v) is 19.0. The molecule has 0 radical (unpaired) electrons. The molecule has 0 bridgehead atoms. The predicted octanol–water partition coefficient (Wildman–Crippen LogP) is 18.1. The third-order valence-corrected chi connectivity index (χ3v) is 15.6. The monoisotopic (exact) mass is 867 g/mol. The average molecular weight is 868 g/mol. The third kappa shape index (κ3) is 5.73. The summed E-state index contributed by atoms with van der Waals surface area (Å²) in [7, 11) is 0. The first-order chi connectivity index (χ1) is 33.2. The van der Waals surface area contributed by atoms with Crippen molar-refractivity contribution < 1.29 is 0 Å². The van der Waals surface area contributed by atoms with Crippen molar-refractivity contribution in [3.63, 3.8) is 0 Å². The summed E-state index contributed by atoms with van der Waals surface area (Å²) >= 11 is 1.86. The molecular formula is C65H41NS. The Bertz CT molecular complexity index is 3970. The highest BCUT2D eigenvalue weighted by Gasteiger charge is 2.45. The van der Waals surface area contributed by atoms with Gasteiger partial charge >= 0.3 is 0 Å². The Morgan fingerprint density at radius 2 is 0.866 bits per heavy atom. The van der Waals surface area contributed by atoms with E-state index in [1.165, 1.54) is 108 Å². The first kappa shape index (κ1) is 38.0. The number of rotatable bonds is 7. The summed E-state index contributed by atoms with van der Waals surface area (Å²) in [5, 5.41) is 10.4. The van der Waals surface area contributed by atoms with E-state index < -0.39 is 5.41 Å². The van der Waals surface area contributed by atoms with Crippen LogP contribution in [0.4, 0.5) is 17.1 Å². The standard InChI is InChI=1S/C65H41NS/c1-2-15-48(16-3-1)65(59-21-7-4-18-54(59)55-19-5-8-22-60(55)65)49-31-35-51(36-32-49)66(52-17-11-14-46(40-52)47-30-39-62-58(41-47)56-20-6-9-23-61(56)67-62)50-33-26-42(27-34-50)53-37-28-45-25-24-43-12-10-13-44-29-38-57(53)64(45)63(43)44/h1-41H. The van der Waals surface area contributed by atoms with Crippen LogP contribution < -0.4 is 4.90 Å². The lowest BCUT2D eigenvalue weighted by Gasteiger charge is -2.34. The van der Waals surface area contributed by atoms with E-state index in [2.05, 4.69) is 254 Å². The number of thiophene rings is 1. The fourth-order valence-corrected chi connectivity index (χ4v) is 12.6. The largest absolute Gasteiger partial charge is 0.310 e. The summed E-state index contributed by atoms with van der Waals surface area (Å²) in [4.78, 5) is 2.42. The quantitative estimate of drug-likeness (QED) is 0.144. The van der Waals surface area contributed by atoms with Gasteiger partial charge in [0.2, 0.25) is 0 Å². The average Bonchev–Trinajstić information content (AvgIpc) is 3.92. The second kappa shape index (κ2) is 14.9. The number of anilines is 3. The van der Waals surface area contributed by atoms with Gasteiger partial charge in [0.25, 0.3) is 0 Å². The zero-order valence-electron chi connectivity index (χ0n) is 36.5. The highest BCUT2D eigenvalue weighted by Crippen LogP contribution is 2.56. The fraction of sp³-hybridized carbons (Fsp3) is 0.0154. The SMILES string of the molecule is c1ccc(C2(c3ccc(N(c4ccc(-c5ccc6ccc7cccc8ccc5c6c78)cc4)c4cccc(-c5ccc6sc7ccccc7c6c5)c4)cc3)c3ccccc3-c3ccccc32)cc1. The molecule has 0 saturated heterocycles. The van der Waals surface area contributed by atoms with Crippen LogP contribution in [0.3, 0.4) is 0 Å². The Balaban J connectivity index is 0.925. The Labute approximate surface area is 393 Å². The molecule has 0 N–H and O–H groups in total. The predicted molar refractivity (Wildman–Crippen MR) is 286 cm³/mol. The lowest BCUT2D eigenvalue weighted by Crippen LogP contribution is -2.28. The van der Waals surface area contributed by atoms with E-state index in [9.17, 15) is 0 Å². The zero-order valence-corrected chi connectivity index (χ0v) is 37.3. The van der Waals surface area contributed by atoms with E-state index in [1.807, 2.05) is 11.3 Å². The van der Waals surface area contributed by atoms with Crippen molar-refractivity contribution in [2.24, 2.45) is 0 Å². The van der Waals surface area contributed by atoms with Crippen LogP contribution in [0.1, 0.15) is 22.3 Å². The molecule has 0 atom stereocenters. The van der Waals surface area contributed by atoms with Gasteiger partial charge in [-0.3, -0.25) is 0 Å². The number of benzene rings is 12. The zero-order chi connectivity index (χ0) is 44.1. The van der Waals surface area contributed by atoms with Gasteiger partial charge in [0, 0.05) is 37.2 Å². The number of nitrogens with zero attached hydrogens (tertiary/aromatic N) is 1. The van der Waals surface area contributed by atoms with Gasteiger partial charge in [-0.05, 0) is 143 Å². The number of fused-ring (bicyclic) bond motifs is 6. The maximum Gasteiger partial charge on any atom is 0.0713 e. The number of hydrogen-bond donors (Lipinski definition) is 0. The van der Waals surface area contributed by atoms with E-state index >= 15 is 0 Å². The highest BCUT2D eigenvalue weighted by molar-refractivity contribution is 7.25. The van der Waals surface area contributed by atoms with E-state index in [4.69, 9.17) is 0 Å². The van der Waals surface area contributed by atoms with E-state index in [0.717, 1.165) is 17.1 Å². The molecule has 1 aromatic heterocycles. The van der Waals surface area contributed by atoms with Crippen LogP contribution in [0.25, 0.3) is 85.9 Å². The van der Waals surface area contributed by atoms with Crippen molar-refractivity contribution >= 4 is 80.9 Å². The third-order valence-electron chi connectivity index (χ3n) is 14.5. The van der Waals surface area contributed by atoms with Gasteiger partial charge in [-0.25, -0.2) is 0 Å². The van der Waals surface area contributed by atoms with Crippen molar-refractivity contribution in [1.82, 2.24) is 0 Å². The summed E-state index contributed by atoms with van der Waals surface area (Å²) in [6.45, 7) is 0. The minimum atomic E-state index is -0.468. The molecule has 312 valence electrons. The number of hydrogen-bond acceptors (Lipinski definition) is 2. The van der Waals surface area contributed by atoms with Crippen molar-refractivity contribution in [1.29, 1.82) is 0 Å². The highest BCUT2D eigenvalue weighted by atomic mass is 32.1. The summed E-state index contributed by atoms with van der Waals surface area (Å²) in [6.07, 6.45) is 0. The van der Waals surface area contributed by atoms with Crippen LogP contribution in [0, 0.1) is 0 Å². The fourth-order valence-electron chi connectivity index (χ4n) is 11.5. The van der Waals surface area contributed by atoms with Gasteiger partial charge in [0.05, 0.1) is 5.41 Å². The smallest absolute Gasteiger partial charge is 0.0713 e. The molecule has 0 amide bonds. The van der Waals surface area contributed by atoms with Crippen LogP contribution in [0.2, 0.25) is 0 Å². The minimum absolute atomic E-state index is 0.468. The molecule has 14 rings (SSSR count). The van der Waals surface area contributed by atoms with Crippen LogP contribution in [0.5, 0.6) is 0 Å². The first-order valence-electron chi connectivity index (χ1n) is 23.2. The molecule has 0 fully saturated rings. The van der Waals surface area contributed by atoms with Crippen LogP contribution in [-0.2, 0) is 5.41 Å². The van der Waals surface area contributed by atoms with Crippen molar-refractivity contribution in [3.8, 4) is 33.4 Å². The summed E-state index contributed by atoms with van der Waals surface area (Å²) in [5.41, 5.74) is 15.4. The summed E-state index contributed by atoms with van der Waals surface area (Å²) in [5.74, 6) is 0. The van der Waals surface area contributed by atoms with Gasteiger partial charge < -0.3 is 4.90 Å². The maximum atomic E-state index is 2.42. The Morgan fingerprint density at radius 1 is 0.299 bits per heavy atom. The molecule has 67 heavy (non-hydrogen) atoms. The van der Waals surface area contributed by atoms with Crippen LogP contribution in [0.15, 0.2) is 249 Å². The lowest BCUT2D eigenvalue weighted by atomic mass is 9.68. The molecule has 2 heteroatoms. The molecule has 12 aromatic carbocycles. The molecule has 1 aliphatic rings. The molecular weight excluding hydrogens is 827 g/mol. The van der Waals surface area contributed by atoms with Crippen molar-refractivity contribution in [2.75, 3.05) is 4.90 Å². The molecule has 0 unspecified atom stereocenters.